The lowest BCUT2D eigenvalue weighted by Gasteiger charge is -2.11. The van der Waals surface area contributed by atoms with E-state index in [4.69, 9.17) is 10.5 Å². The third kappa shape index (κ3) is 4.06. The number of nitrogens with zero attached hydrogens (tertiary/aromatic N) is 2. The summed E-state index contributed by atoms with van der Waals surface area (Å²) in [6.07, 6.45) is 2.52. The number of nitrogens with one attached hydrogen (secondary N) is 1. The Morgan fingerprint density at radius 2 is 2.10 bits per heavy atom. The molecule has 1 unspecified atom stereocenters. The van der Waals surface area contributed by atoms with Crippen molar-refractivity contribution in [1.82, 2.24) is 15.1 Å². The number of ether oxygens (including phenoxy) is 1. The van der Waals surface area contributed by atoms with Crippen LogP contribution < -0.4 is 11.1 Å². The molecule has 1 aromatic heterocycles. The smallest absolute Gasteiger partial charge is 0.271 e. The predicted octanol–water partition coefficient (Wildman–Crippen LogP) is 1.61. The van der Waals surface area contributed by atoms with Gasteiger partial charge in [0.15, 0.2) is 5.69 Å². The van der Waals surface area contributed by atoms with E-state index in [2.05, 4.69) is 10.4 Å². The van der Waals surface area contributed by atoms with E-state index in [1.807, 2.05) is 19.1 Å². The second kappa shape index (κ2) is 6.90. The molecule has 112 valence electrons. The predicted molar refractivity (Wildman–Crippen MR) is 81.4 cm³/mol. The van der Waals surface area contributed by atoms with Gasteiger partial charge < -0.3 is 15.8 Å². The lowest BCUT2D eigenvalue weighted by atomic mass is 10.2. The van der Waals surface area contributed by atoms with Crippen LogP contribution in [-0.4, -0.2) is 35.4 Å². The van der Waals surface area contributed by atoms with Crippen molar-refractivity contribution in [2.24, 2.45) is 0 Å². The van der Waals surface area contributed by atoms with Crippen molar-refractivity contribution in [2.75, 3.05) is 19.5 Å². The standard InChI is InChI=1S/C15H20N4O2/c1-11(8-10-21-2)17-15(20)14-7-9-19(18-14)13-5-3-12(16)4-6-13/h3-7,9,11H,8,10,16H2,1-2H3,(H,17,20). The van der Waals surface area contributed by atoms with Gasteiger partial charge in [-0.15, -0.1) is 0 Å². The van der Waals surface area contributed by atoms with Crippen LogP contribution in [0.4, 0.5) is 5.69 Å². The van der Waals surface area contributed by atoms with Crippen LogP contribution in [0.5, 0.6) is 0 Å². The summed E-state index contributed by atoms with van der Waals surface area (Å²) < 4.78 is 6.64. The molecule has 6 heteroatoms. The molecule has 0 aliphatic heterocycles. The van der Waals surface area contributed by atoms with Gasteiger partial charge in [-0.05, 0) is 43.7 Å². The minimum Gasteiger partial charge on any atom is -0.399 e. The molecule has 0 bridgehead atoms. The van der Waals surface area contributed by atoms with Gasteiger partial charge in [-0.25, -0.2) is 4.68 Å². The van der Waals surface area contributed by atoms with Crippen LogP contribution in [0.15, 0.2) is 36.5 Å². The van der Waals surface area contributed by atoms with Crippen molar-refractivity contribution < 1.29 is 9.53 Å². The summed E-state index contributed by atoms with van der Waals surface area (Å²) in [6.45, 7) is 2.55. The Kier molecular flexibility index (Phi) is 4.94. The molecule has 1 aromatic carbocycles. The minimum absolute atomic E-state index is 0.0409. The molecule has 0 fully saturated rings. The number of aromatic nitrogens is 2. The first kappa shape index (κ1) is 15.1. The van der Waals surface area contributed by atoms with E-state index in [1.54, 1.807) is 36.2 Å². The van der Waals surface area contributed by atoms with Crippen molar-refractivity contribution in [3.63, 3.8) is 0 Å². The first-order valence-corrected chi connectivity index (χ1v) is 6.81. The van der Waals surface area contributed by atoms with E-state index in [1.165, 1.54) is 0 Å². The second-order valence-corrected chi connectivity index (χ2v) is 4.89. The topological polar surface area (TPSA) is 82.2 Å². The first-order valence-electron chi connectivity index (χ1n) is 6.81. The number of hydrogen-bond acceptors (Lipinski definition) is 4. The van der Waals surface area contributed by atoms with Crippen molar-refractivity contribution in [1.29, 1.82) is 0 Å². The van der Waals surface area contributed by atoms with Crippen molar-refractivity contribution in [2.45, 2.75) is 19.4 Å². The lowest BCUT2D eigenvalue weighted by molar-refractivity contribution is 0.0924. The van der Waals surface area contributed by atoms with Crippen LogP contribution in [0.3, 0.4) is 0 Å². The number of methoxy groups -OCH3 is 1. The summed E-state index contributed by atoms with van der Waals surface area (Å²) in [4.78, 5) is 12.1. The Bertz CT molecular complexity index is 592. The van der Waals surface area contributed by atoms with Crippen LogP contribution in [0.25, 0.3) is 5.69 Å². The van der Waals surface area contributed by atoms with Crippen molar-refractivity contribution in [3.05, 3.63) is 42.2 Å². The van der Waals surface area contributed by atoms with Crippen molar-refractivity contribution >= 4 is 11.6 Å². The SMILES string of the molecule is COCCC(C)NC(=O)c1ccn(-c2ccc(N)cc2)n1. The minimum atomic E-state index is -0.187. The average Bonchev–Trinajstić information content (AvgIpc) is 2.96. The molecule has 1 heterocycles. The Morgan fingerprint density at radius 1 is 1.38 bits per heavy atom. The van der Waals surface area contributed by atoms with Crippen LogP contribution >= 0.6 is 0 Å². The van der Waals surface area contributed by atoms with Gasteiger partial charge in [0.2, 0.25) is 0 Å². The Balaban J connectivity index is 2.02. The van der Waals surface area contributed by atoms with E-state index >= 15 is 0 Å². The van der Waals surface area contributed by atoms with Gasteiger partial charge in [0.05, 0.1) is 5.69 Å². The second-order valence-electron chi connectivity index (χ2n) is 4.89. The molecule has 1 atom stereocenters. The van der Waals surface area contributed by atoms with E-state index in [0.29, 0.717) is 18.0 Å². The fourth-order valence-electron chi connectivity index (χ4n) is 1.88. The molecule has 0 aliphatic carbocycles. The highest BCUT2D eigenvalue weighted by Gasteiger charge is 2.12. The summed E-state index contributed by atoms with van der Waals surface area (Å²) in [5.74, 6) is -0.187. The lowest BCUT2D eigenvalue weighted by Crippen LogP contribution is -2.33. The third-order valence-corrected chi connectivity index (χ3v) is 3.11. The Hall–Kier alpha value is -2.34. The number of anilines is 1. The maximum atomic E-state index is 12.1. The molecule has 2 aromatic rings. The fraction of sp³-hybridized carbons (Fsp3) is 0.333. The van der Waals surface area contributed by atoms with Gasteiger partial charge in [-0.2, -0.15) is 5.10 Å². The molecule has 21 heavy (non-hydrogen) atoms. The number of hydrogen-bond donors (Lipinski definition) is 2. The molecule has 2 rings (SSSR count). The van der Waals surface area contributed by atoms with Gasteiger partial charge in [0.1, 0.15) is 0 Å². The number of rotatable bonds is 6. The summed E-state index contributed by atoms with van der Waals surface area (Å²) in [7, 11) is 1.64. The monoisotopic (exact) mass is 288 g/mol. The number of nitrogens with two attached hydrogens (primary N) is 1. The maximum Gasteiger partial charge on any atom is 0.271 e. The molecule has 1 amide bonds. The van der Waals surface area contributed by atoms with Gasteiger partial charge in [-0.3, -0.25) is 4.79 Å². The molecule has 0 saturated heterocycles. The van der Waals surface area contributed by atoms with Crippen LogP contribution in [0, 0.1) is 0 Å². The number of amides is 1. The maximum absolute atomic E-state index is 12.1. The first-order chi connectivity index (χ1) is 10.1. The number of nitrogen functional groups attached to an aromatic ring is 1. The zero-order chi connectivity index (χ0) is 15.2. The Labute approximate surface area is 123 Å². The van der Waals surface area contributed by atoms with Gasteiger partial charge >= 0.3 is 0 Å². The zero-order valence-electron chi connectivity index (χ0n) is 12.2. The van der Waals surface area contributed by atoms with E-state index in [0.717, 1.165) is 12.1 Å². The average molecular weight is 288 g/mol. The van der Waals surface area contributed by atoms with Gasteiger partial charge in [0, 0.05) is 31.6 Å². The summed E-state index contributed by atoms with van der Waals surface area (Å²) >= 11 is 0. The molecular weight excluding hydrogens is 268 g/mol. The van der Waals surface area contributed by atoms with Crippen LogP contribution in [0.2, 0.25) is 0 Å². The van der Waals surface area contributed by atoms with E-state index in [-0.39, 0.29) is 11.9 Å². The summed E-state index contributed by atoms with van der Waals surface area (Å²) in [6, 6.07) is 9.03. The Morgan fingerprint density at radius 3 is 2.76 bits per heavy atom. The van der Waals surface area contributed by atoms with Crippen LogP contribution in [0.1, 0.15) is 23.8 Å². The zero-order valence-corrected chi connectivity index (χ0v) is 12.2. The molecule has 0 saturated carbocycles. The van der Waals surface area contributed by atoms with Crippen molar-refractivity contribution in [3.8, 4) is 5.69 Å². The highest BCUT2D eigenvalue weighted by molar-refractivity contribution is 5.92. The highest BCUT2D eigenvalue weighted by Crippen LogP contribution is 2.10. The molecule has 0 radical (unpaired) electrons. The number of benzene rings is 1. The van der Waals surface area contributed by atoms with E-state index < -0.39 is 0 Å². The number of carbonyl (C=O) groups is 1. The molecule has 0 spiro atoms. The van der Waals surface area contributed by atoms with E-state index in [9.17, 15) is 4.79 Å². The molecule has 3 N–H and O–H groups in total. The third-order valence-electron chi connectivity index (χ3n) is 3.11. The van der Waals surface area contributed by atoms with Gasteiger partial charge in [0.25, 0.3) is 5.91 Å². The largest absolute Gasteiger partial charge is 0.399 e. The fourth-order valence-corrected chi connectivity index (χ4v) is 1.88. The summed E-state index contributed by atoms with van der Waals surface area (Å²) in [5, 5.41) is 7.17. The molecule has 6 nitrogen and oxygen atoms in total. The number of carbonyl (C=O) groups excluding carboxylic acids is 1. The van der Waals surface area contributed by atoms with Crippen LogP contribution in [-0.2, 0) is 4.74 Å². The molecular formula is C15H20N4O2. The highest BCUT2D eigenvalue weighted by atomic mass is 16.5. The summed E-state index contributed by atoms with van der Waals surface area (Å²) in [5.41, 5.74) is 7.58. The molecule has 0 aliphatic rings. The normalized spacial score (nSPS) is 12.1. The quantitative estimate of drug-likeness (QED) is 0.791. The van der Waals surface area contributed by atoms with Gasteiger partial charge in [-0.1, -0.05) is 0 Å².